The predicted molar refractivity (Wildman–Crippen MR) is 63.0 cm³/mol. The van der Waals surface area contributed by atoms with Gasteiger partial charge in [-0.1, -0.05) is 44.2 Å². The van der Waals surface area contributed by atoms with Gasteiger partial charge in [-0.15, -0.1) is 0 Å². The van der Waals surface area contributed by atoms with Crippen LogP contribution in [0.3, 0.4) is 0 Å². The van der Waals surface area contributed by atoms with Crippen LogP contribution in [0, 0.1) is 5.92 Å². The number of rotatable bonds is 5. The zero-order chi connectivity index (χ0) is 10.2. The van der Waals surface area contributed by atoms with Gasteiger partial charge >= 0.3 is 0 Å². The number of hydrogen-bond acceptors (Lipinski definition) is 1. The Balaban J connectivity index is 2.25. The molecule has 0 spiro atoms. The summed E-state index contributed by atoms with van der Waals surface area (Å²) in [6, 6.07) is 10.5. The van der Waals surface area contributed by atoms with E-state index in [1.165, 1.54) is 12.0 Å². The van der Waals surface area contributed by atoms with Crippen LogP contribution >= 0.6 is 0 Å². The van der Waals surface area contributed by atoms with E-state index in [9.17, 15) is 0 Å². The Morgan fingerprint density at radius 3 is 2.64 bits per heavy atom. The molecule has 1 aromatic rings. The van der Waals surface area contributed by atoms with E-state index in [-0.39, 0.29) is 0 Å². The molecule has 0 aliphatic rings. The van der Waals surface area contributed by atoms with E-state index in [1.807, 2.05) is 6.07 Å². The first-order valence-corrected chi connectivity index (χ1v) is 5.36. The normalized spacial score (nSPS) is 13.3. The molecule has 0 N–H and O–H groups in total. The smallest absolute Gasteiger partial charge is 0.0425 e. The van der Waals surface area contributed by atoms with Crippen LogP contribution in [0.25, 0.3) is 0 Å². The summed E-state index contributed by atoms with van der Waals surface area (Å²) in [5.74, 6) is 0.616. The lowest BCUT2D eigenvalue weighted by molar-refractivity contribution is 0.749. The average molecular weight is 189 g/mol. The van der Waals surface area contributed by atoms with E-state index in [2.05, 4.69) is 49.3 Å². The Morgan fingerprint density at radius 2 is 2.00 bits per heavy atom. The van der Waals surface area contributed by atoms with Crippen LogP contribution in [-0.2, 0) is 6.42 Å². The average Bonchev–Trinajstić information content (AvgIpc) is 2.25. The van der Waals surface area contributed by atoms with E-state index >= 15 is 0 Å². The highest BCUT2D eigenvalue weighted by Gasteiger charge is 1.92. The third-order valence-electron chi connectivity index (χ3n) is 2.38. The maximum absolute atomic E-state index is 4.41. The van der Waals surface area contributed by atoms with E-state index in [1.54, 1.807) is 0 Å². The third-order valence-corrected chi connectivity index (χ3v) is 2.38. The molecule has 0 aliphatic heterocycles. The van der Waals surface area contributed by atoms with Crippen molar-refractivity contribution in [2.45, 2.75) is 26.7 Å². The molecular weight excluding hydrogens is 170 g/mol. The molecule has 1 heteroatoms. The van der Waals surface area contributed by atoms with Crippen LogP contribution < -0.4 is 0 Å². The molecule has 1 unspecified atom stereocenters. The number of nitrogens with zero attached hydrogens (tertiary/aromatic N) is 1. The molecule has 1 aromatic carbocycles. The molecule has 0 amide bonds. The van der Waals surface area contributed by atoms with Gasteiger partial charge in [0.1, 0.15) is 0 Å². The topological polar surface area (TPSA) is 12.4 Å². The van der Waals surface area contributed by atoms with Gasteiger partial charge in [-0.2, -0.15) is 0 Å². The first-order valence-electron chi connectivity index (χ1n) is 5.36. The van der Waals surface area contributed by atoms with Crippen molar-refractivity contribution in [2.24, 2.45) is 10.9 Å². The summed E-state index contributed by atoms with van der Waals surface area (Å²) in [5.41, 5.74) is 1.37. The summed E-state index contributed by atoms with van der Waals surface area (Å²) >= 11 is 0. The lowest BCUT2D eigenvalue weighted by atomic mass is 10.1. The molecule has 0 saturated heterocycles. The highest BCUT2D eigenvalue weighted by molar-refractivity contribution is 5.59. The maximum atomic E-state index is 4.41. The summed E-state index contributed by atoms with van der Waals surface area (Å²) in [4.78, 5) is 4.41. The minimum absolute atomic E-state index is 0.616. The molecule has 0 heterocycles. The van der Waals surface area contributed by atoms with Crippen molar-refractivity contribution in [1.29, 1.82) is 0 Å². The Bertz CT molecular complexity index is 264. The summed E-state index contributed by atoms with van der Waals surface area (Å²) in [7, 11) is 0. The first-order chi connectivity index (χ1) is 6.83. The van der Waals surface area contributed by atoms with E-state index in [4.69, 9.17) is 0 Å². The second kappa shape index (κ2) is 6.36. The highest BCUT2D eigenvalue weighted by Crippen LogP contribution is 2.00. The van der Waals surface area contributed by atoms with Gasteiger partial charge in [0.15, 0.2) is 0 Å². The van der Waals surface area contributed by atoms with Crippen molar-refractivity contribution in [3.05, 3.63) is 35.9 Å². The van der Waals surface area contributed by atoms with Crippen LogP contribution in [-0.4, -0.2) is 12.8 Å². The fourth-order valence-corrected chi connectivity index (χ4v) is 1.20. The molecule has 0 bridgehead atoms. The lowest BCUT2D eigenvalue weighted by Crippen LogP contribution is -1.95. The largest absolute Gasteiger partial charge is 0.297 e. The Labute approximate surface area is 86.9 Å². The zero-order valence-corrected chi connectivity index (χ0v) is 9.11. The Kier molecular flexibility index (Phi) is 4.98. The summed E-state index contributed by atoms with van der Waals surface area (Å²) < 4.78 is 0. The number of benzene rings is 1. The summed E-state index contributed by atoms with van der Waals surface area (Å²) in [6.45, 7) is 5.30. The van der Waals surface area contributed by atoms with Gasteiger partial charge in [-0.3, -0.25) is 4.99 Å². The zero-order valence-electron chi connectivity index (χ0n) is 9.11. The quantitative estimate of drug-likeness (QED) is 0.630. The summed E-state index contributed by atoms with van der Waals surface area (Å²) in [5, 5.41) is 0. The predicted octanol–water partition coefficient (Wildman–Crippen LogP) is 3.35. The molecule has 0 aliphatic carbocycles. The van der Waals surface area contributed by atoms with Crippen LogP contribution in [0.2, 0.25) is 0 Å². The van der Waals surface area contributed by atoms with Crippen LogP contribution in [0.1, 0.15) is 25.8 Å². The van der Waals surface area contributed by atoms with Crippen molar-refractivity contribution in [3.63, 3.8) is 0 Å². The van der Waals surface area contributed by atoms with Gasteiger partial charge in [0.2, 0.25) is 0 Å². The SMILES string of the molecule is CCC(C)C=NCCc1ccccc1. The Morgan fingerprint density at radius 1 is 1.29 bits per heavy atom. The third kappa shape index (κ3) is 4.22. The van der Waals surface area contributed by atoms with E-state index in [0.29, 0.717) is 5.92 Å². The van der Waals surface area contributed by atoms with Gasteiger partial charge < -0.3 is 0 Å². The van der Waals surface area contributed by atoms with Crippen molar-refractivity contribution in [1.82, 2.24) is 0 Å². The van der Waals surface area contributed by atoms with Gasteiger partial charge in [-0.25, -0.2) is 0 Å². The fourth-order valence-electron chi connectivity index (χ4n) is 1.20. The minimum atomic E-state index is 0.616. The molecule has 1 atom stereocenters. The molecule has 0 fully saturated rings. The van der Waals surface area contributed by atoms with Crippen molar-refractivity contribution >= 4 is 6.21 Å². The molecular formula is C13H19N. The molecule has 14 heavy (non-hydrogen) atoms. The van der Waals surface area contributed by atoms with Gasteiger partial charge in [0, 0.05) is 12.8 Å². The molecule has 76 valence electrons. The molecule has 1 nitrogen and oxygen atoms in total. The van der Waals surface area contributed by atoms with Gasteiger partial charge in [0.05, 0.1) is 0 Å². The van der Waals surface area contributed by atoms with E-state index in [0.717, 1.165) is 13.0 Å². The molecule has 1 rings (SSSR count). The number of aliphatic imine (C=N–C) groups is 1. The first kappa shape index (κ1) is 11.0. The standard InChI is InChI=1S/C13H19N/c1-3-12(2)11-14-10-9-13-7-5-4-6-8-13/h4-8,11-12H,3,9-10H2,1-2H3. The number of hydrogen-bond donors (Lipinski definition) is 0. The Hall–Kier alpha value is -1.11. The van der Waals surface area contributed by atoms with Crippen LogP contribution in [0.15, 0.2) is 35.3 Å². The maximum Gasteiger partial charge on any atom is 0.0425 e. The monoisotopic (exact) mass is 189 g/mol. The van der Waals surface area contributed by atoms with Crippen molar-refractivity contribution in [2.75, 3.05) is 6.54 Å². The minimum Gasteiger partial charge on any atom is -0.297 e. The van der Waals surface area contributed by atoms with Crippen molar-refractivity contribution in [3.8, 4) is 0 Å². The lowest BCUT2D eigenvalue weighted by Gasteiger charge is -1.99. The van der Waals surface area contributed by atoms with Crippen LogP contribution in [0.4, 0.5) is 0 Å². The second-order valence-electron chi connectivity index (χ2n) is 3.68. The molecule has 0 aromatic heterocycles. The fraction of sp³-hybridized carbons (Fsp3) is 0.462. The molecule has 0 saturated carbocycles. The highest BCUT2D eigenvalue weighted by atomic mass is 14.7. The van der Waals surface area contributed by atoms with Gasteiger partial charge in [-0.05, 0) is 24.3 Å². The van der Waals surface area contributed by atoms with Gasteiger partial charge in [0.25, 0.3) is 0 Å². The van der Waals surface area contributed by atoms with Crippen LogP contribution in [0.5, 0.6) is 0 Å². The molecule has 0 radical (unpaired) electrons. The summed E-state index contributed by atoms with van der Waals surface area (Å²) in [6.07, 6.45) is 4.30. The van der Waals surface area contributed by atoms with E-state index < -0.39 is 0 Å². The second-order valence-corrected chi connectivity index (χ2v) is 3.68. The van der Waals surface area contributed by atoms with Crippen molar-refractivity contribution < 1.29 is 0 Å².